The molecular weight excluding hydrogens is 331 g/mol. The van der Waals surface area contributed by atoms with Gasteiger partial charge in [0.2, 0.25) is 0 Å². The Balaban J connectivity index is 1.49. The molecule has 1 fully saturated rings. The maximum Gasteiger partial charge on any atom is 0.252 e. The smallest absolute Gasteiger partial charge is 0.252 e. The number of hydrogen-bond acceptors (Lipinski definition) is 3. The van der Waals surface area contributed by atoms with E-state index in [-0.39, 0.29) is 11.7 Å². The first-order valence-corrected chi connectivity index (χ1v) is 8.93. The number of pyridine rings is 1. The van der Waals surface area contributed by atoms with Crippen LogP contribution in [-0.4, -0.2) is 34.9 Å². The summed E-state index contributed by atoms with van der Waals surface area (Å²) < 4.78 is 14.9. The van der Waals surface area contributed by atoms with Gasteiger partial charge in [0.15, 0.2) is 0 Å². The molecule has 1 saturated heterocycles. The van der Waals surface area contributed by atoms with Gasteiger partial charge in [-0.3, -0.25) is 4.79 Å². The number of aromatic nitrogens is 2. The second kappa shape index (κ2) is 7.25. The van der Waals surface area contributed by atoms with E-state index in [0.717, 1.165) is 42.8 Å². The van der Waals surface area contributed by atoms with E-state index >= 15 is 0 Å². The Hall–Kier alpha value is -2.73. The SMILES string of the molecule is O=C(NCC1CCCNC1)c1ccc2nc(-c3ccc(F)cc3)cn2c1. The third-order valence-corrected chi connectivity index (χ3v) is 4.80. The average Bonchev–Trinajstić information content (AvgIpc) is 3.10. The molecule has 4 rings (SSSR count). The van der Waals surface area contributed by atoms with Crippen LogP contribution >= 0.6 is 0 Å². The summed E-state index contributed by atoms with van der Waals surface area (Å²) in [6.45, 7) is 2.72. The third-order valence-electron chi connectivity index (χ3n) is 4.80. The molecule has 3 aromatic rings. The lowest BCUT2D eigenvalue weighted by Crippen LogP contribution is -2.38. The summed E-state index contributed by atoms with van der Waals surface area (Å²) in [5, 5.41) is 6.38. The van der Waals surface area contributed by atoms with Gasteiger partial charge in [-0.05, 0) is 68.2 Å². The molecule has 1 aliphatic heterocycles. The molecule has 26 heavy (non-hydrogen) atoms. The molecule has 2 N–H and O–H groups in total. The van der Waals surface area contributed by atoms with Crippen molar-refractivity contribution in [3.05, 3.63) is 60.2 Å². The van der Waals surface area contributed by atoms with Crippen LogP contribution in [0.15, 0.2) is 48.8 Å². The first kappa shape index (κ1) is 16.7. The van der Waals surface area contributed by atoms with E-state index in [9.17, 15) is 9.18 Å². The number of piperidine rings is 1. The van der Waals surface area contributed by atoms with E-state index in [1.807, 2.05) is 16.7 Å². The molecule has 0 bridgehead atoms. The number of amides is 1. The van der Waals surface area contributed by atoms with Gasteiger partial charge in [-0.2, -0.15) is 0 Å². The van der Waals surface area contributed by atoms with Crippen LogP contribution in [0.2, 0.25) is 0 Å². The van der Waals surface area contributed by atoms with Crippen LogP contribution in [0.1, 0.15) is 23.2 Å². The van der Waals surface area contributed by atoms with Crippen molar-refractivity contribution in [2.45, 2.75) is 12.8 Å². The van der Waals surface area contributed by atoms with Crippen molar-refractivity contribution in [3.8, 4) is 11.3 Å². The number of carbonyl (C=O) groups is 1. The van der Waals surface area contributed by atoms with E-state index in [1.54, 1.807) is 24.4 Å². The minimum atomic E-state index is -0.273. The van der Waals surface area contributed by atoms with Crippen molar-refractivity contribution in [3.63, 3.8) is 0 Å². The van der Waals surface area contributed by atoms with E-state index in [2.05, 4.69) is 15.6 Å². The minimum absolute atomic E-state index is 0.0745. The quantitative estimate of drug-likeness (QED) is 0.759. The number of hydrogen-bond donors (Lipinski definition) is 2. The second-order valence-corrected chi connectivity index (χ2v) is 6.74. The Bertz CT molecular complexity index is 913. The summed E-state index contributed by atoms with van der Waals surface area (Å²) in [4.78, 5) is 17.0. The summed E-state index contributed by atoms with van der Waals surface area (Å²) in [7, 11) is 0. The fourth-order valence-corrected chi connectivity index (χ4v) is 3.32. The number of fused-ring (bicyclic) bond motifs is 1. The molecule has 2 aromatic heterocycles. The maximum atomic E-state index is 13.1. The van der Waals surface area contributed by atoms with Gasteiger partial charge in [0, 0.05) is 24.5 Å². The van der Waals surface area contributed by atoms with Gasteiger partial charge < -0.3 is 15.0 Å². The van der Waals surface area contributed by atoms with Crippen LogP contribution < -0.4 is 10.6 Å². The van der Waals surface area contributed by atoms with Crippen molar-refractivity contribution in [2.24, 2.45) is 5.92 Å². The Kier molecular flexibility index (Phi) is 4.67. The van der Waals surface area contributed by atoms with Gasteiger partial charge in [0.1, 0.15) is 11.5 Å². The Morgan fingerprint density at radius 2 is 2.08 bits per heavy atom. The fourth-order valence-electron chi connectivity index (χ4n) is 3.32. The normalized spacial score (nSPS) is 17.3. The lowest BCUT2D eigenvalue weighted by molar-refractivity contribution is 0.0944. The van der Waals surface area contributed by atoms with Crippen LogP contribution in [-0.2, 0) is 0 Å². The van der Waals surface area contributed by atoms with Crippen LogP contribution in [0.25, 0.3) is 16.9 Å². The lowest BCUT2D eigenvalue weighted by atomic mass is 10.00. The first-order chi connectivity index (χ1) is 12.7. The summed E-state index contributed by atoms with van der Waals surface area (Å²) in [5.74, 6) is 0.147. The monoisotopic (exact) mass is 352 g/mol. The van der Waals surface area contributed by atoms with Crippen molar-refractivity contribution in [1.29, 1.82) is 0 Å². The molecule has 3 heterocycles. The molecule has 1 amide bonds. The molecule has 1 aliphatic rings. The standard InChI is InChI=1S/C20H21FN4O/c21-17-6-3-15(4-7-17)18-13-25-12-16(5-8-19(25)24-18)20(26)23-11-14-2-1-9-22-10-14/h3-8,12-14,22H,1-2,9-11H2,(H,23,26). The highest BCUT2D eigenvalue weighted by molar-refractivity contribution is 5.94. The van der Waals surface area contributed by atoms with Crippen molar-refractivity contribution in [2.75, 3.05) is 19.6 Å². The number of benzene rings is 1. The molecule has 5 nitrogen and oxygen atoms in total. The van der Waals surface area contributed by atoms with Gasteiger partial charge in [-0.1, -0.05) is 0 Å². The molecular formula is C20H21FN4O. The summed E-state index contributed by atoms with van der Waals surface area (Å²) in [6.07, 6.45) is 5.94. The molecule has 0 radical (unpaired) electrons. The largest absolute Gasteiger partial charge is 0.352 e. The number of imidazole rings is 1. The molecule has 1 atom stereocenters. The van der Waals surface area contributed by atoms with Crippen LogP contribution in [0, 0.1) is 11.7 Å². The zero-order valence-corrected chi connectivity index (χ0v) is 14.4. The van der Waals surface area contributed by atoms with Gasteiger partial charge in [-0.25, -0.2) is 9.37 Å². The fraction of sp³-hybridized carbons (Fsp3) is 0.300. The van der Waals surface area contributed by atoms with Crippen molar-refractivity contribution >= 4 is 11.6 Å². The van der Waals surface area contributed by atoms with Gasteiger partial charge in [0.25, 0.3) is 5.91 Å². The summed E-state index contributed by atoms with van der Waals surface area (Å²) >= 11 is 0. The third kappa shape index (κ3) is 3.60. The predicted molar refractivity (Wildman–Crippen MR) is 98.5 cm³/mol. The van der Waals surface area contributed by atoms with Crippen LogP contribution in [0.5, 0.6) is 0 Å². The number of carbonyl (C=O) groups excluding carboxylic acids is 1. The highest BCUT2D eigenvalue weighted by atomic mass is 19.1. The van der Waals surface area contributed by atoms with E-state index in [0.29, 0.717) is 18.0 Å². The second-order valence-electron chi connectivity index (χ2n) is 6.74. The Morgan fingerprint density at radius 3 is 2.85 bits per heavy atom. The highest BCUT2D eigenvalue weighted by Gasteiger charge is 2.15. The molecule has 0 spiro atoms. The number of nitrogens with zero attached hydrogens (tertiary/aromatic N) is 2. The van der Waals surface area contributed by atoms with Gasteiger partial charge in [-0.15, -0.1) is 0 Å². The number of nitrogens with one attached hydrogen (secondary N) is 2. The number of halogens is 1. The average molecular weight is 352 g/mol. The van der Waals surface area contributed by atoms with E-state index < -0.39 is 0 Å². The molecule has 6 heteroatoms. The Labute approximate surface area is 151 Å². The maximum absolute atomic E-state index is 13.1. The minimum Gasteiger partial charge on any atom is -0.352 e. The lowest BCUT2D eigenvalue weighted by Gasteiger charge is -2.22. The van der Waals surface area contributed by atoms with Crippen molar-refractivity contribution in [1.82, 2.24) is 20.0 Å². The summed E-state index contributed by atoms with van der Waals surface area (Å²) in [5.41, 5.74) is 2.93. The van der Waals surface area contributed by atoms with Crippen molar-refractivity contribution < 1.29 is 9.18 Å². The Morgan fingerprint density at radius 1 is 1.23 bits per heavy atom. The van der Waals surface area contributed by atoms with E-state index in [4.69, 9.17) is 0 Å². The first-order valence-electron chi connectivity index (χ1n) is 8.93. The highest BCUT2D eigenvalue weighted by Crippen LogP contribution is 2.20. The topological polar surface area (TPSA) is 58.4 Å². The molecule has 0 aliphatic carbocycles. The predicted octanol–water partition coefficient (Wildman–Crippen LogP) is 2.87. The molecule has 1 unspecified atom stereocenters. The molecule has 1 aromatic carbocycles. The van der Waals surface area contributed by atoms with Gasteiger partial charge in [0.05, 0.1) is 11.3 Å². The molecule has 134 valence electrons. The molecule has 0 saturated carbocycles. The van der Waals surface area contributed by atoms with Gasteiger partial charge >= 0.3 is 0 Å². The van der Waals surface area contributed by atoms with E-state index in [1.165, 1.54) is 12.1 Å². The van der Waals surface area contributed by atoms with Crippen LogP contribution in [0.3, 0.4) is 0 Å². The van der Waals surface area contributed by atoms with Crippen LogP contribution in [0.4, 0.5) is 4.39 Å². The number of rotatable bonds is 4. The zero-order valence-electron chi connectivity index (χ0n) is 14.4. The zero-order chi connectivity index (χ0) is 17.9. The summed E-state index contributed by atoms with van der Waals surface area (Å²) in [6, 6.07) is 9.83.